The summed E-state index contributed by atoms with van der Waals surface area (Å²) in [6.07, 6.45) is 0.0757. The lowest BCUT2D eigenvalue weighted by Crippen LogP contribution is -2.39. The minimum atomic E-state index is -0.775. The van der Waals surface area contributed by atoms with Crippen LogP contribution in [0.15, 0.2) is 36.4 Å². The zero-order valence-electron chi connectivity index (χ0n) is 17.7. The first-order valence-corrected chi connectivity index (χ1v) is 10.0. The van der Waals surface area contributed by atoms with Crippen LogP contribution in [0, 0.1) is 6.92 Å². The van der Waals surface area contributed by atoms with Crippen LogP contribution >= 0.6 is 0 Å². The van der Waals surface area contributed by atoms with Gasteiger partial charge in [-0.2, -0.15) is 0 Å². The summed E-state index contributed by atoms with van der Waals surface area (Å²) >= 11 is 0. The van der Waals surface area contributed by atoms with E-state index >= 15 is 0 Å². The van der Waals surface area contributed by atoms with Gasteiger partial charge in [0.15, 0.2) is 11.5 Å². The van der Waals surface area contributed by atoms with E-state index in [1.807, 2.05) is 43.3 Å². The number of benzene rings is 2. The van der Waals surface area contributed by atoms with Crippen molar-refractivity contribution >= 4 is 5.97 Å². The van der Waals surface area contributed by atoms with Gasteiger partial charge in [-0.1, -0.05) is 18.2 Å². The number of aliphatic carboxylic acids is 1. The van der Waals surface area contributed by atoms with Crippen molar-refractivity contribution < 1.29 is 28.8 Å². The van der Waals surface area contributed by atoms with E-state index in [0.717, 1.165) is 29.0 Å². The van der Waals surface area contributed by atoms with Gasteiger partial charge in [0.25, 0.3) is 0 Å². The lowest BCUT2D eigenvalue weighted by Gasteiger charge is -2.33. The van der Waals surface area contributed by atoms with Crippen molar-refractivity contribution in [2.24, 2.45) is 0 Å². The fraction of sp³-hybridized carbons (Fsp3) is 0.435. The molecule has 1 N–H and O–H groups in total. The molecule has 2 aromatic carbocycles. The Kier molecular flexibility index (Phi) is 7.54. The Hall–Kier alpha value is -2.77. The van der Waals surface area contributed by atoms with E-state index in [1.54, 1.807) is 14.2 Å². The number of nitrogens with zero attached hydrogens (tertiary/aromatic N) is 1. The molecule has 1 atom stereocenters. The molecule has 0 bridgehead atoms. The van der Waals surface area contributed by atoms with Crippen LogP contribution < -0.4 is 14.2 Å². The normalized spacial score (nSPS) is 16.8. The molecular formula is C23H29NO6. The minimum Gasteiger partial charge on any atom is -0.493 e. The number of para-hydroxylation sites is 1. The van der Waals surface area contributed by atoms with Crippen LogP contribution in [-0.2, 0) is 16.1 Å². The number of carbonyl (C=O) groups is 1. The van der Waals surface area contributed by atoms with Gasteiger partial charge in [0, 0.05) is 25.2 Å². The van der Waals surface area contributed by atoms with E-state index in [1.165, 1.54) is 0 Å². The van der Waals surface area contributed by atoms with Crippen molar-refractivity contribution in [3.05, 3.63) is 53.1 Å². The standard InChI is InChI=1S/C23H29NO6/c1-16-13-18(30-15-17-5-4-6-20(27-2)23(17)28-3)7-8-19(16)21-14-24(11-12-29-21)10-9-22(25)26/h4-8,13,21H,9-12,14-15H2,1-3H3,(H,25,26). The van der Waals surface area contributed by atoms with Crippen molar-refractivity contribution in [3.63, 3.8) is 0 Å². The van der Waals surface area contributed by atoms with Crippen LogP contribution in [0.1, 0.15) is 29.2 Å². The molecule has 2 aromatic rings. The molecule has 1 aliphatic heterocycles. The Morgan fingerprint density at radius 1 is 1.23 bits per heavy atom. The molecule has 0 aromatic heterocycles. The molecule has 1 aliphatic rings. The Labute approximate surface area is 177 Å². The maximum Gasteiger partial charge on any atom is 0.304 e. The second kappa shape index (κ2) is 10.3. The van der Waals surface area contributed by atoms with Crippen molar-refractivity contribution in [3.8, 4) is 17.2 Å². The van der Waals surface area contributed by atoms with Crippen LogP contribution in [0.25, 0.3) is 0 Å². The fourth-order valence-electron chi connectivity index (χ4n) is 3.68. The number of hydrogen-bond donors (Lipinski definition) is 1. The highest BCUT2D eigenvalue weighted by atomic mass is 16.5. The van der Waals surface area contributed by atoms with E-state index in [2.05, 4.69) is 4.90 Å². The molecular weight excluding hydrogens is 386 g/mol. The predicted octanol–water partition coefficient (Wildman–Crippen LogP) is 3.44. The molecule has 1 unspecified atom stereocenters. The number of methoxy groups -OCH3 is 2. The molecule has 1 fully saturated rings. The summed E-state index contributed by atoms with van der Waals surface area (Å²) in [5.74, 6) is 1.33. The van der Waals surface area contributed by atoms with Gasteiger partial charge in [-0.3, -0.25) is 9.69 Å². The maximum atomic E-state index is 10.8. The summed E-state index contributed by atoms with van der Waals surface area (Å²) < 4.78 is 22.7. The second-order valence-electron chi connectivity index (χ2n) is 7.26. The third-order valence-electron chi connectivity index (χ3n) is 5.26. The molecule has 162 valence electrons. The molecule has 0 radical (unpaired) electrons. The van der Waals surface area contributed by atoms with Crippen LogP contribution in [0.4, 0.5) is 0 Å². The Morgan fingerprint density at radius 3 is 2.77 bits per heavy atom. The first-order chi connectivity index (χ1) is 14.5. The van der Waals surface area contributed by atoms with Gasteiger partial charge in [-0.15, -0.1) is 0 Å². The average Bonchev–Trinajstić information content (AvgIpc) is 2.76. The SMILES string of the molecule is COc1cccc(COc2ccc(C3CN(CCC(=O)O)CCO3)c(C)c2)c1OC. The molecule has 1 saturated heterocycles. The zero-order valence-corrected chi connectivity index (χ0v) is 17.7. The molecule has 7 nitrogen and oxygen atoms in total. The van der Waals surface area contributed by atoms with E-state index in [4.69, 9.17) is 24.1 Å². The van der Waals surface area contributed by atoms with Gasteiger partial charge in [0.1, 0.15) is 12.4 Å². The Balaban J connectivity index is 1.65. The summed E-state index contributed by atoms with van der Waals surface area (Å²) in [6, 6.07) is 11.7. The molecule has 0 aliphatic carbocycles. The number of morpholine rings is 1. The van der Waals surface area contributed by atoms with Crippen molar-refractivity contribution in [2.75, 3.05) is 40.5 Å². The summed E-state index contributed by atoms with van der Waals surface area (Å²) in [7, 11) is 3.23. The largest absolute Gasteiger partial charge is 0.493 e. The molecule has 7 heteroatoms. The van der Waals surface area contributed by atoms with Crippen molar-refractivity contribution in [1.82, 2.24) is 4.90 Å². The molecule has 30 heavy (non-hydrogen) atoms. The monoisotopic (exact) mass is 415 g/mol. The maximum absolute atomic E-state index is 10.8. The second-order valence-corrected chi connectivity index (χ2v) is 7.26. The lowest BCUT2D eigenvalue weighted by molar-refractivity contribution is -0.137. The van der Waals surface area contributed by atoms with E-state index in [-0.39, 0.29) is 12.5 Å². The van der Waals surface area contributed by atoms with Gasteiger partial charge < -0.3 is 24.1 Å². The topological polar surface area (TPSA) is 77.5 Å². The third kappa shape index (κ3) is 5.43. The van der Waals surface area contributed by atoms with E-state index in [0.29, 0.717) is 37.8 Å². The van der Waals surface area contributed by atoms with Crippen LogP contribution in [0.5, 0.6) is 17.2 Å². The molecule has 0 spiro atoms. The van der Waals surface area contributed by atoms with Crippen molar-refractivity contribution in [1.29, 1.82) is 0 Å². The van der Waals surface area contributed by atoms with Gasteiger partial charge >= 0.3 is 5.97 Å². The number of rotatable bonds is 9. The number of carboxylic acids is 1. The van der Waals surface area contributed by atoms with Crippen LogP contribution in [0.2, 0.25) is 0 Å². The van der Waals surface area contributed by atoms with Crippen LogP contribution in [-0.4, -0.2) is 56.4 Å². The van der Waals surface area contributed by atoms with E-state index in [9.17, 15) is 4.79 Å². The molecule has 1 heterocycles. The Bertz CT molecular complexity index is 869. The Morgan fingerprint density at radius 2 is 2.07 bits per heavy atom. The predicted molar refractivity (Wildman–Crippen MR) is 112 cm³/mol. The minimum absolute atomic E-state index is 0.0694. The molecule has 0 amide bonds. The van der Waals surface area contributed by atoms with Gasteiger partial charge in [0.2, 0.25) is 0 Å². The third-order valence-corrected chi connectivity index (χ3v) is 5.26. The number of aryl methyl sites for hydroxylation is 1. The molecule has 0 saturated carbocycles. The van der Waals surface area contributed by atoms with Gasteiger partial charge in [0.05, 0.1) is 33.4 Å². The summed E-state index contributed by atoms with van der Waals surface area (Å²) in [4.78, 5) is 13.0. The fourth-order valence-corrected chi connectivity index (χ4v) is 3.68. The number of ether oxygens (including phenoxy) is 4. The number of hydrogen-bond acceptors (Lipinski definition) is 6. The smallest absolute Gasteiger partial charge is 0.304 e. The van der Waals surface area contributed by atoms with Gasteiger partial charge in [-0.05, 0) is 36.2 Å². The zero-order chi connectivity index (χ0) is 21.5. The first-order valence-electron chi connectivity index (χ1n) is 10.0. The number of carboxylic acid groups (broad SMARTS) is 1. The van der Waals surface area contributed by atoms with Crippen molar-refractivity contribution in [2.45, 2.75) is 26.1 Å². The lowest BCUT2D eigenvalue weighted by atomic mass is 10.0. The quantitative estimate of drug-likeness (QED) is 0.672. The summed E-state index contributed by atoms with van der Waals surface area (Å²) in [5.41, 5.74) is 3.08. The van der Waals surface area contributed by atoms with Crippen LogP contribution in [0.3, 0.4) is 0 Å². The average molecular weight is 415 g/mol. The highest BCUT2D eigenvalue weighted by molar-refractivity contribution is 5.66. The summed E-state index contributed by atoms with van der Waals surface area (Å²) in [5, 5.41) is 8.91. The van der Waals surface area contributed by atoms with E-state index < -0.39 is 5.97 Å². The highest BCUT2D eigenvalue weighted by Gasteiger charge is 2.23. The molecule has 3 rings (SSSR count). The van der Waals surface area contributed by atoms with Gasteiger partial charge in [-0.25, -0.2) is 0 Å². The highest BCUT2D eigenvalue weighted by Crippen LogP contribution is 2.32. The summed E-state index contributed by atoms with van der Waals surface area (Å²) in [6.45, 7) is 4.98. The first kappa shape index (κ1) is 21.9.